The number of hydrogen-bond acceptors (Lipinski definition) is 2. The predicted molar refractivity (Wildman–Crippen MR) is 59.3 cm³/mol. The van der Waals surface area contributed by atoms with Crippen LogP contribution in [0.5, 0.6) is 5.75 Å². The Morgan fingerprint density at radius 1 is 1.38 bits per heavy atom. The maximum atomic E-state index is 13.0. The molecule has 0 radical (unpaired) electrons. The molecule has 1 aromatic heterocycles. The molecule has 0 saturated heterocycles. The standard InChI is InChI=1S/C12H13FN2O/c1-9(2)16-12-7-14-15(8-12)11-5-3-4-10(13)6-11/h3-9H,1-2H3. The van der Waals surface area contributed by atoms with Crippen LogP contribution < -0.4 is 4.74 Å². The molecule has 0 aliphatic rings. The second kappa shape index (κ2) is 4.35. The fourth-order valence-corrected chi connectivity index (χ4v) is 1.40. The topological polar surface area (TPSA) is 27.1 Å². The number of rotatable bonds is 3. The number of ether oxygens (including phenoxy) is 1. The van der Waals surface area contributed by atoms with E-state index in [4.69, 9.17) is 4.74 Å². The van der Waals surface area contributed by atoms with Crippen LogP contribution in [0.25, 0.3) is 5.69 Å². The summed E-state index contributed by atoms with van der Waals surface area (Å²) in [5, 5.41) is 4.11. The minimum absolute atomic E-state index is 0.102. The van der Waals surface area contributed by atoms with Crippen molar-refractivity contribution in [2.75, 3.05) is 0 Å². The van der Waals surface area contributed by atoms with Crippen molar-refractivity contribution in [1.29, 1.82) is 0 Å². The summed E-state index contributed by atoms with van der Waals surface area (Å²) >= 11 is 0. The van der Waals surface area contributed by atoms with Gasteiger partial charge >= 0.3 is 0 Å². The largest absolute Gasteiger partial charge is 0.488 e. The normalized spacial score (nSPS) is 10.8. The van der Waals surface area contributed by atoms with E-state index in [9.17, 15) is 4.39 Å². The van der Waals surface area contributed by atoms with Gasteiger partial charge in [0.15, 0.2) is 5.75 Å². The molecular weight excluding hydrogens is 207 g/mol. The Morgan fingerprint density at radius 3 is 2.88 bits per heavy atom. The molecule has 0 amide bonds. The van der Waals surface area contributed by atoms with Crippen molar-refractivity contribution in [3.8, 4) is 11.4 Å². The van der Waals surface area contributed by atoms with Crippen LogP contribution >= 0.6 is 0 Å². The molecule has 0 N–H and O–H groups in total. The third-order valence-electron chi connectivity index (χ3n) is 2.00. The summed E-state index contributed by atoms with van der Waals surface area (Å²) in [5.74, 6) is 0.401. The highest BCUT2D eigenvalue weighted by Gasteiger charge is 2.03. The van der Waals surface area contributed by atoms with Crippen molar-refractivity contribution >= 4 is 0 Å². The molecule has 1 heterocycles. The Kier molecular flexibility index (Phi) is 2.90. The number of benzene rings is 1. The lowest BCUT2D eigenvalue weighted by Gasteiger charge is -2.05. The van der Waals surface area contributed by atoms with Crippen LogP contribution in [0.3, 0.4) is 0 Å². The first-order valence-electron chi connectivity index (χ1n) is 5.12. The second-order valence-electron chi connectivity index (χ2n) is 3.77. The zero-order chi connectivity index (χ0) is 11.5. The van der Waals surface area contributed by atoms with E-state index in [0.29, 0.717) is 11.4 Å². The highest BCUT2D eigenvalue weighted by atomic mass is 19.1. The van der Waals surface area contributed by atoms with Crippen LogP contribution in [0.15, 0.2) is 36.7 Å². The molecular formula is C12H13FN2O. The third-order valence-corrected chi connectivity index (χ3v) is 2.00. The van der Waals surface area contributed by atoms with Crippen molar-refractivity contribution in [2.45, 2.75) is 20.0 Å². The first kappa shape index (κ1) is 10.7. The number of hydrogen-bond donors (Lipinski definition) is 0. The zero-order valence-corrected chi connectivity index (χ0v) is 9.22. The molecule has 1 aromatic carbocycles. The van der Waals surface area contributed by atoms with E-state index < -0.39 is 0 Å². The molecule has 0 atom stereocenters. The lowest BCUT2D eigenvalue weighted by atomic mass is 10.3. The second-order valence-corrected chi connectivity index (χ2v) is 3.77. The van der Waals surface area contributed by atoms with Gasteiger partial charge in [0.25, 0.3) is 0 Å². The molecule has 0 aliphatic carbocycles. The fraction of sp³-hybridized carbons (Fsp3) is 0.250. The molecule has 0 aliphatic heterocycles. The minimum Gasteiger partial charge on any atom is -0.488 e. The summed E-state index contributed by atoms with van der Waals surface area (Å²) in [6.07, 6.45) is 3.45. The SMILES string of the molecule is CC(C)Oc1cnn(-c2cccc(F)c2)c1. The van der Waals surface area contributed by atoms with Crippen molar-refractivity contribution in [2.24, 2.45) is 0 Å². The Hall–Kier alpha value is -1.84. The Balaban J connectivity index is 2.24. The maximum Gasteiger partial charge on any atom is 0.158 e. The van der Waals surface area contributed by atoms with Crippen molar-refractivity contribution in [1.82, 2.24) is 9.78 Å². The van der Waals surface area contributed by atoms with Crippen LogP contribution in [0.2, 0.25) is 0 Å². The molecule has 0 unspecified atom stereocenters. The first-order chi connectivity index (χ1) is 7.65. The monoisotopic (exact) mass is 220 g/mol. The molecule has 2 rings (SSSR count). The maximum absolute atomic E-state index is 13.0. The number of halogens is 1. The van der Waals surface area contributed by atoms with Gasteiger partial charge in [-0.05, 0) is 32.0 Å². The van der Waals surface area contributed by atoms with Gasteiger partial charge in [0.2, 0.25) is 0 Å². The van der Waals surface area contributed by atoms with E-state index in [1.165, 1.54) is 12.1 Å². The molecule has 4 heteroatoms. The Bertz CT molecular complexity index is 479. The van der Waals surface area contributed by atoms with Gasteiger partial charge in [0.05, 0.1) is 24.2 Å². The van der Waals surface area contributed by atoms with Crippen LogP contribution in [-0.4, -0.2) is 15.9 Å². The van der Waals surface area contributed by atoms with Gasteiger partial charge < -0.3 is 4.74 Å². The summed E-state index contributed by atoms with van der Waals surface area (Å²) < 4.78 is 20.1. The highest BCUT2D eigenvalue weighted by molar-refractivity contribution is 5.32. The summed E-state index contributed by atoms with van der Waals surface area (Å²) in [7, 11) is 0. The van der Waals surface area contributed by atoms with Gasteiger partial charge in [-0.25, -0.2) is 9.07 Å². The van der Waals surface area contributed by atoms with Crippen LogP contribution in [-0.2, 0) is 0 Å². The predicted octanol–water partition coefficient (Wildman–Crippen LogP) is 2.80. The van der Waals surface area contributed by atoms with Crippen LogP contribution in [0.1, 0.15) is 13.8 Å². The first-order valence-corrected chi connectivity index (χ1v) is 5.12. The van der Waals surface area contributed by atoms with Crippen molar-refractivity contribution in [3.63, 3.8) is 0 Å². The van der Waals surface area contributed by atoms with Gasteiger partial charge in [-0.2, -0.15) is 5.10 Å². The number of nitrogens with zero attached hydrogens (tertiary/aromatic N) is 2. The number of aromatic nitrogens is 2. The smallest absolute Gasteiger partial charge is 0.158 e. The average molecular weight is 220 g/mol. The molecule has 16 heavy (non-hydrogen) atoms. The van der Waals surface area contributed by atoms with E-state index in [1.807, 2.05) is 13.8 Å². The fourth-order valence-electron chi connectivity index (χ4n) is 1.40. The van der Waals surface area contributed by atoms with E-state index >= 15 is 0 Å². The lowest BCUT2D eigenvalue weighted by Crippen LogP contribution is -2.04. The van der Waals surface area contributed by atoms with Gasteiger partial charge in [-0.3, -0.25) is 0 Å². The third kappa shape index (κ3) is 2.39. The quantitative estimate of drug-likeness (QED) is 0.795. The minimum atomic E-state index is -0.278. The highest BCUT2D eigenvalue weighted by Crippen LogP contribution is 2.15. The van der Waals surface area contributed by atoms with E-state index in [0.717, 1.165) is 0 Å². The van der Waals surface area contributed by atoms with E-state index in [2.05, 4.69) is 5.10 Å². The summed E-state index contributed by atoms with van der Waals surface area (Å²) in [5.41, 5.74) is 0.679. The van der Waals surface area contributed by atoms with Crippen molar-refractivity contribution < 1.29 is 9.13 Å². The van der Waals surface area contributed by atoms with Gasteiger partial charge in [0.1, 0.15) is 5.82 Å². The van der Waals surface area contributed by atoms with Crippen molar-refractivity contribution in [3.05, 3.63) is 42.5 Å². The van der Waals surface area contributed by atoms with Gasteiger partial charge in [0, 0.05) is 0 Å². The Labute approximate surface area is 93.5 Å². The molecule has 2 aromatic rings. The molecule has 84 valence electrons. The van der Waals surface area contributed by atoms with Crippen LogP contribution in [0.4, 0.5) is 4.39 Å². The van der Waals surface area contributed by atoms with E-state index in [-0.39, 0.29) is 11.9 Å². The molecule has 0 fully saturated rings. The average Bonchev–Trinajstić information content (AvgIpc) is 2.65. The Morgan fingerprint density at radius 2 is 2.19 bits per heavy atom. The van der Waals surface area contributed by atoms with Crippen LogP contribution in [0, 0.1) is 5.82 Å². The van der Waals surface area contributed by atoms with Gasteiger partial charge in [-0.15, -0.1) is 0 Å². The molecule has 0 bridgehead atoms. The molecule has 0 saturated carbocycles. The summed E-state index contributed by atoms with van der Waals surface area (Å²) in [4.78, 5) is 0. The summed E-state index contributed by atoms with van der Waals surface area (Å²) in [6.45, 7) is 3.89. The van der Waals surface area contributed by atoms with Gasteiger partial charge in [-0.1, -0.05) is 6.07 Å². The molecule has 0 spiro atoms. The lowest BCUT2D eigenvalue weighted by molar-refractivity contribution is 0.242. The molecule has 3 nitrogen and oxygen atoms in total. The summed E-state index contributed by atoms with van der Waals surface area (Å²) in [6, 6.07) is 6.26. The zero-order valence-electron chi connectivity index (χ0n) is 9.22. The van der Waals surface area contributed by atoms with E-state index in [1.54, 1.807) is 29.2 Å².